The van der Waals surface area contributed by atoms with E-state index in [0.29, 0.717) is 5.88 Å². The molecule has 1 aromatic rings. The van der Waals surface area contributed by atoms with Crippen molar-refractivity contribution in [3.63, 3.8) is 0 Å². The summed E-state index contributed by atoms with van der Waals surface area (Å²) >= 11 is 9.17. The SMILES string of the molecule is CCc1ccc(Br)cc1CCl. The summed E-state index contributed by atoms with van der Waals surface area (Å²) in [4.78, 5) is 0. The molecule has 0 atom stereocenters. The summed E-state index contributed by atoms with van der Waals surface area (Å²) in [6, 6.07) is 6.24. The Labute approximate surface area is 80.7 Å². The molecule has 0 unspecified atom stereocenters. The molecule has 0 aliphatic rings. The molecule has 0 aliphatic heterocycles. The maximum atomic E-state index is 5.76. The van der Waals surface area contributed by atoms with Crippen LogP contribution in [0, 0.1) is 0 Å². The van der Waals surface area contributed by atoms with E-state index in [9.17, 15) is 0 Å². The molecule has 60 valence electrons. The lowest BCUT2D eigenvalue weighted by molar-refractivity contribution is 1.10. The average molecular weight is 234 g/mol. The highest BCUT2D eigenvalue weighted by Crippen LogP contribution is 2.18. The van der Waals surface area contributed by atoms with Crippen molar-refractivity contribution in [1.82, 2.24) is 0 Å². The number of benzene rings is 1. The van der Waals surface area contributed by atoms with Crippen molar-refractivity contribution in [2.75, 3.05) is 0 Å². The fourth-order valence-electron chi connectivity index (χ4n) is 1.06. The van der Waals surface area contributed by atoms with Gasteiger partial charge in [0, 0.05) is 10.4 Å². The first-order valence-electron chi connectivity index (χ1n) is 3.61. The highest BCUT2D eigenvalue weighted by atomic mass is 79.9. The van der Waals surface area contributed by atoms with E-state index < -0.39 is 0 Å². The van der Waals surface area contributed by atoms with Gasteiger partial charge in [-0.1, -0.05) is 28.9 Å². The summed E-state index contributed by atoms with van der Waals surface area (Å²) in [6.45, 7) is 2.14. The van der Waals surface area contributed by atoms with E-state index in [1.54, 1.807) is 0 Å². The molecule has 1 rings (SSSR count). The smallest absolute Gasteiger partial charge is 0.0477 e. The van der Waals surface area contributed by atoms with E-state index in [-0.39, 0.29) is 0 Å². The monoisotopic (exact) mass is 232 g/mol. The second-order valence-corrected chi connectivity index (χ2v) is 3.58. The van der Waals surface area contributed by atoms with Crippen molar-refractivity contribution in [3.05, 3.63) is 33.8 Å². The molecule has 2 heteroatoms. The standard InChI is InChI=1S/C9H10BrCl/c1-2-7-3-4-9(10)5-8(7)6-11/h3-5H,2,6H2,1H3. The third kappa shape index (κ3) is 2.21. The molecule has 0 radical (unpaired) electrons. The van der Waals surface area contributed by atoms with Gasteiger partial charge in [0.1, 0.15) is 0 Å². The Morgan fingerprint density at radius 1 is 1.36 bits per heavy atom. The lowest BCUT2D eigenvalue weighted by Gasteiger charge is -2.03. The Hall–Kier alpha value is -0.0100. The molecular weight excluding hydrogens is 223 g/mol. The van der Waals surface area contributed by atoms with Gasteiger partial charge in [-0.15, -0.1) is 11.6 Å². The quantitative estimate of drug-likeness (QED) is 0.683. The molecule has 0 bridgehead atoms. The van der Waals surface area contributed by atoms with Crippen LogP contribution >= 0.6 is 27.5 Å². The van der Waals surface area contributed by atoms with Crippen LogP contribution in [0.25, 0.3) is 0 Å². The zero-order valence-corrected chi connectivity index (χ0v) is 8.74. The number of aryl methyl sites for hydroxylation is 1. The van der Waals surface area contributed by atoms with Crippen molar-refractivity contribution in [3.8, 4) is 0 Å². The molecular formula is C9H10BrCl. The summed E-state index contributed by atoms with van der Waals surface area (Å²) in [5.41, 5.74) is 2.56. The molecule has 0 N–H and O–H groups in total. The zero-order chi connectivity index (χ0) is 8.27. The van der Waals surface area contributed by atoms with E-state index >= 15 is 0 Å². The highest BCUT2D eigenvalue weighted by molar-refractivity contribution is 9.10. The van der Waals surface area contributed by atoms with Crippen LogP contribution in [0.2, 0.25) is 0 Å². The average Bonchev–Trinajstić information content (AvgIpc) is 2.04. The molecule has 0 aromatic heterocycles. The van der Waals surface area contributed by atoms with Gasteiger partial charge in [-0.3, -0.25) is 0 Å². The number of halogens is 2. The Kier molecular flexibility index (Phi) is 3.41. The normalized spacial score (nSPS) is 10.1. The van der Waals surface area contributed by atoms with Gasteiger partial charge in [-0.05, 0) is 29.7 Å². The molecule has 0 aliphatic carbocycles. The summed E-state index contributed by atoms with van der Waals surface area (Å²) < 4.78 is 1.10. The minimum absolute atomic E-state index is 0.600. The van der Waals surface area contributed by atoms with E-state index in [1.165, 1.54) is 11.1 Å². The van der Waals surface area contributed by atoms with Gasteiger partial charge in [-0.25, -0.2) is 0 Å². The lowest BCUT2D eigenvalue weighted by atomic mass is 10.1. The lowest BCUT2D eigenvalue weighted by Crippen LogP contribution is -1.88. The predicted octanol–water partition coefficient (Wildman–Crippen LogP) is 3.75. The van der Waals surface area contributed by atoms with Gasteiger partial charge in [0.05, 0.1) is 0 Å². The van der Waals surface area contributed by atoms with Crippen LogP contribution in [0.3, 0.4) is 0 Å². The first kappa shape index (κ1) is 9.08. The Bertz CT molecular complexity index is 245. The van der Waals surface area contributed by atoms with Gasteiger partial charge >= 0.3 is 0 Å². The van der Waals surface area contributed by atoms with E-state index in [1.807, 2.05) is 0 Å². The minimum Gasteiger partial charge on any atom is -0.122 e. The van der Waals surface area contributed by atoms with Gasteiger partial charge in [0.15, 0.2) is 0 Å². The second kappa shape index (κ2) is 4.13. The van der Waals surface area contributed by atoms with Crippen molar-refractivity contribution in [2.24, 2.45) is 0 Å². The topological polar surface area (TPSA) is 0 Å². The fraction of sp³-hybridized carbons (Fsp3) is 0.333. The molecule has 0 saturated heterocycles. The van der Waals surface area contributed by atoms with Gasteiger partial charge in [0.2, 0.25) is 0 Å². The third-order valence-electron chi connectivity index (χ3n) is 1.69. The Morgan fingerprint density at radius 3 is 2.64 bits per heavy atom. The summed E-state index contributed by atoms with van der Waals surface area (Å²) in [6.07, 6.45) is 1.05. The van der Waals surface area contributed by atoms with Crippen LogP contribution in [0.4, 0.5) is 0 Å². The molecule has 1 aromatic carbocycles. The summed E-state index contributed by atoms with van der Waals surface area (Å²) in [7, 11) is 0. The van der Waals surface area contributed by atoms with Gasteiger partial charge in [-0.2, -0.15) is 0 Å². The Balaban J connectivity index is 3.06. The van der Waals surface area contributed by atoms with Crippen molar-refractivity contribution in [1.29, 1.82) is 0 Å². The maximum absolute atomic E-state index is 5.76. The van der Waals surface area contributed by atoms with Crippen molar-refractivity contribution in [2.45, 2.75) is 19.2 Å². The van der Waals surface area contributed by atoms with E-state index in [4.69, 9.17) is 11.6 Å². The van der Waals surface area contributed by atoms with E-state index in [0.717, 1.165) is 10.9 Å². The highest BCUT2D eigenvalue weighted by Gasteiger charge is 1.98. The third-order valence-corrected chi connectivity index (χ3v) is 2.47. The summed E-state index contributed by atoms with van der Waals surface area (Å²) in [5, 5.41) is 0. The molecule has 0 fully saturated rings. The van der Waals surface area contributed by atoms with Gasteiger partial charge < -0.3 is 0 Å². The number of alkyl halides is 1. The maximum Gasteiger partial charge on any atom is 0.0477 e. The molecule has 0 amide bonds. The largest absolute Gasteiger partial charge is 0.122 e. The van der Waals surface area contributed by atoms with Crippen LogP contribution in [0.15, 0.2) is 22.7 Å². The zero-order valence-electron chi connectivity index (χ0n) is 6.40. The number of hydrogen-bond acceptors (Lipinski definition) is 0. The van der Waals surface area contributed by atoms with Crippen molar-refractivity contribution >= 4 is 27.5 Å². The molecule has 0 spiro atoms. The molecule has 11 heavy (non-hydrogen) atoms. The molecule has 0 nitrogen and oxygen atoms in total. The second-order valence-electron chi connectivity index (χ2n) is 2.40. The Morgan fingerprint density at radius 2 is 2.09 bits per heavy atom. The fourth-order valence-corrected chi connectivity index (χ4v) is 1.72. The van der Waals surface area contributed by atoms with Crippen LogP contribution in [0.5, 0.6) is 0 Å². The van der Waals surface area contributed by atoms with Crippen LogP contribution in [-0.4, -0.2) is 0 Å². The summed E-state index contributed by atoms with van der Waals surface area (Å²) in [5.74, 6) is 0.600. The number of rotatable bonds is 2. The predicted molar refractivity (Wildman–Crippen MR) is 53.1 cm³/mol. The van der Waals surface area contributed by atoms with Gasteiger partial charge in [0.25, 0.3) is 0 Å². The van der Waals surface area contributed by atoms with E-state index in [2.05, 4.69) is 41.1 Å². The van der Waals surface area contributed by atoms with Crippen LogP contribution in [-0.2, 0) is 12.3 Å². The molecule has 0 heterocycles. The molecule has 0 saturated carbocycles. The number of hydrogen-bond donors (Lipinski definition) is 0. The first-order valence-corrected chi connectivity index (χ1v) is 4.94. The van der Waals surface area contributed by atoms with Crippen LogP contribution < -0.4 is 0 Å². The van der Waals surface area contributed by atoms with Crippen LogP contribution in [0.1, 0.15) is 18.1 Å². The minimum atomic E-state index is 0.600. The van der Waals surface area contributed by atoms with Crippen molar-refractivity contribution < 1.29 is 0 Å². The first-order chi connectivity index (χ1) is 5.27.